The van der Waals surface area contributed by atoms with Crippen molar-refractivity contribution in [1.82, 2.24) is 25.1 Å². The van der Waals surface area contributed by atoms with E-state index in [4.69, 9.17) is 0 Å². The third kappa shape index (κ3) is 3.80. The van der Waals surface area contributed by atoms with E-state index in [2.05, 4.69) is 27.5 Å². The average Bonchev–Trinajstić information content (AvgIpc) is 3.29. The fourth-order valence-corrected chi connectivity index (χ4v) is 3.85. The van der Waals surface area contributed by atoms with Crippen LogP contribution >= 0.6 is 11.3 Å². The molecule has 4 rings (SSSR count). The Morgan fingerprint density at radius 3 is 2.71 bits per heavy atom. The van der Waals surface area contributed by atoms with Gasteiger partial charge in [-0.2, -0.15) is 9.61 Å². The van der Waals surface area contributed by atoms with Gasteiger partial charge in [0.2, 0.25) is 4.96 Å². The molecule has 0 saturated heterocycles. The van der Waals surface area contributed by atoms with E-state index >= 15 is 0 Å². The summed E-state index contributed by atoms with van der Waals surface area (Å²) in [7, 11) is 0. The van der Waals surface area contributed by atoms with Crippen molar-refractivity contribution in [2.24, 2.45) is 0 Å². The highest BCUT2D eigenvalue weighted by atomic mass is 32.1. The van der Waals surface area contributed by atoms with Crippen LogP contribution in [0.1, 0.15) is 40.7 Å². The molecule has 4 aromatic rings. The van der Waals surface area contributed by atoms with E-state index in [0.29, 0.717) is 12.1 Å². The smallest absolute Gasteiger partial charge is 0.251 e. The number of rotatable bonds is 6. The fraction of sp³-hybridized carbons (Fsp3) is 0.238. The van der Waals surface area contributed by atoms with Crippen LogP contribution in [0.5, 0.6) is 0 Å². The maximum absolute atomic E-state index is 12.3. The summed E-state index contributed by atoms with van der Waals surface area (Å²) in [5.74, 6) is 0.834. The highest BCUT2D eigenvalue weighted by Gasteiger charge is 2.12. The first-order chi connectivity index (χ1) is 13.6. The lowest BCUT2D eigenvalue weighted by molar-refractivity contribution is 0.0951. The monoisotopic (exact) mass is 391 g/mol. The van der Waals surface area contributed by atoms with E-state index in [9.17, 15) is 4.79 Å². The molecule has 1 N–H and O–H groups in total. The minimum absolute atomic E-state index is 0.0649. The van der Waals surface area contributed by atoms with Crippen LogP contribution in [0, 0.1) is 6.92 Å². The summed E-state index contributed by atoms with van der Waals surface area (Å²) in [6.07, 6.45) is 1.88. The van der Waals surface area contributed by atoms with E-state index in [1.807, 2.05) is 60.0 Å². The molecule has 0 aliphatic rings. The summed E-state index contributed by atoms with van der Waals surface area (Å²) in [4.78, 5) is 13.1. The van der Waals surface area contributed by atoms with Crippen LogP contribution in [0.4, 0.5) is 0 Å². The predicted octanol–water partition coefficient (Wildman–Crippen LogP) is 4.04. The normalized spacial score (nSPS) is 11.1. The Bertz CT molecular complexity index is 1110. The van der Waals surface area contributed by atoms with Gasteiger partial charge >= 0.3 is 0 Å². The Balaban J connectivity index is 1.44. The molecule has 6 nitrogen and oxygen atoms in total. The van der Waals surface area contributed by atoms with Gasteiger partial charge in [0, 0.05) is 24.1 Å². The lowest BCUT2D eigenvalue weighted by Crippen LogP contribution is -2.22. The summed E-state index contributed by atoms with van der Waals surface area (Å²) >= 11 is 1.53. The van der Waals surface area contributed by atoms with Gasteiger partial charge in [-0.05, 0) is 31.0 Å². The Labute approximate surface area is 167 Å². The van der Waals surface area contributed by atoms with Crippen LogP contribution in [0.15, 0.2) is 48.5 Å². The molecule has 28 heavy (non-hydrogen) atoms. The van der Waals surface area contributed by atoms with E-state index < -0.39 is 0 Å². The number of amides is 1. The summed E-state index contributed by atoms with van der Waals surface area (Å²) in [5.41, 5.74) is 3.83. The second-order valence-corrected chi connectivity index (χ2v) is 7.67. The number of nitrogens with zero attached hydrogens (tertiary/aromatic N) is 4. The fourth-order valence-electron chi connectivity index (χ4n) is 2.99. The molecule has 2 aromatic heterocycles. The van der Waals surface area contributed by atoms with E-state index in [0.717, 1.165) is 45.3 Å². The topological polar surface area (TPSA) is 72.2 Å². The number of aromatic nitrogens is 4. The van der Waals surface area contributed by atoms with Crippen molar-refractivity contribution in [2.45, 2.75) is 33.2 Å². The van der Waals surface area contributed by atoms with Gasteiger partial charge in [-0.15, -0.1) is 10.2 Å². The minimum Gasteiger partial charge on any atom is -0.348 e. The first-order valence-corrected chi connectivity index (χ1v) is 10.1. The number of hydrogen-bond donors (Lipinski definition) is 1. The van der Waals surface area contributed by atoms with Gasteiger partial charge in [0.05, 0.1) is 0 Å². The molecule has 0 atom stereocenters. The molecule has 0 spiro atoms. The van der Waals surface area contributed by atoms with Gasteiger partial charge in [-0.1, -0.05) is 60.2 Å². The first-order valence-electron chi connectivity index (χ1n) is 9.29. The molecule has 0 aliphatic carbocycles. The SMILES string of the molecule is CCCc1nnc2sc(-c3ccc(CNC(=O)c4cccc(C)c4)cc3)nn12. The van der Waals surface area contributed by atoms with Crippen molar-refractivity contribution in [3.05, 3.63) is 71.0 Å². The van der Waals surface area contributed by atoms with Crippen molar-refractivity contribution in [3.63, 3.8) is 0 Å². The molecule has 142 valence electrons. The van der Waals surface area contributed by atoms with Crippen molar-refractivity contribution in [1.29, 1.82) is 0 Å². The van der Waals surface area contributed by atoms with E-state index in [1.165, 1.54) is 11.3 Å². The molecule has 0 radical (unpaired) electrons. The molecule has 0 fully saturated rings. The van der Waals surface area contributed by atoms with Crippen LogP contribution in [0.2, 0.25) is 0 Å². The zero-order valence-electron chi connectivity index (χ0n) is 15.8. The molecule has 2 heterocycles. The molecule has 7 heteroatoms. The lowest BCUT2D eigenvalue weighted by atomic mass is 10.1. The number of hydrogen-bond acceptors (Lipinski definition) is 5. The van der Waals surface area contributed by atoms with Gasteiger partial charge < -0.3 is 5.32 Å². The number of benzene rings is 2. The molecular formula is C21H21N5OS. The van der Waals surface area contributed by atoms with Crippen LogP contribution in [0.25, 0.3) is 15.5 Å². The van der Waals surface area contributed by atoms with Gasteiger partial charge in [0.25, 0.3) is 5.91 Å². The Hall–Kier alpha value is -3.06. The molecular weight excluding hydrogens is 370 g/mol. The second-order valence-electron chi connectivity index (χ2n) is 6.72. The van der Waals surface area contributed by atoms with Crippen molar-refractivity contribution >= 4 is 22.2 Å². The Morgan fingerprint density at radius 2 is 1.96 bits per heavy atom. The number of nitrogens with one attached hydrogen (secondary N) is 1. The summed E-state index contributed by atoms with van der Waals surface area (Å²) in [6.45, 7) is 4.58. The highest BCUT2D eigenvalue weighted by molar-refractivity contribution is 7.19. The van der Waals surface area contributed by atoms with Crippen molar-refractivity contribution < 1.29 is 4.79 Å². The minimum atomic E-state index is -0.0649. The maximum Gasteiger partial charge on any atom is 0.251 e. The highest BCUT2D eigenvalue weighted by Crippen LogP contribution is 2.26. The maximum atomic E-state index is 12.3. The van der Waals surface area contributed by atoms with Crippen molar-refractivity contribution in [3.8, 4) is 10.6 Å². The predicted molar refractivity (Wildman–Crippen MR) is 110 cm³/mol. The number of fused-ring (bicyclic) bond motifs is 1. The first kappa shape index (κ1) is 18.3. The molecule has 0 unspecified atom stereocenters. The van der Waals surface area contributed by atoms with Gasteiger partial charge in [0.15, 0.2) is 5.82 Å². The third-order valence-electron chi connectivity index (χ3n) is 4.46. The van der Waals surface area contributed by atoms with Gasteiger partial charge in [0.1, 0.15) is 5.01 Å². The summed E-state index contributed by atoms with van der Waals surface area (Å²) < 4.78 is 1.83. The number of aryl methyl sites for hydroxylation is 2. The Kier molecular flexibility index (Phi) is 5.16. The quantitative estimate of drug-likeness (QED) is 0.538. The molecule has 2 aromatic carbocycles. The van der Waals surface area contributed by atoms with Gasteiger partial charge in [-0.25, -0.2) is 0 Å². The van der Waals surface area contributed by atoms with Crippen molar-refractivity contribution in [2.75, 3.05) is 0 Å². The molecule has 0 aliphatic heterocycles. The molecule has 0 saturated carbocycles. The van der Waals surface area contributed by atoms with Gasteiger partial charge in [-0.3, -0.25) is 4.79 Å². The van der Waals surface area contributed by atoms with E-state index in [-0.39, 0.29) is 5.91 Å². The second kappa shape index (κ2) is 7.90. The summed E-state index contributed by atoms with van der Waals surface area (Å²) in [6, 6.07) is 15.7. The number of carbonyl (C=O) groups is 1. The molecule has 0 bridgehead atoms. The average molecular weight is 392 g/mol. The largest absolute Gasteiger partial charge is 0.348 e. The summed E-state index contributed by atoms with van der Waals surface area (Å²) in [5, 5.41) is 16.9. The lowest BCUT2D eigenvalue weighted by Gasteiger charge is -2.06. The number of carbonyl (C=O) groups excluding carboxylic acids is 1. The van der Waals surface area contributed by atoms with Crippen LogP contribution in [0.3, 0.4) is 0 Å². The zero-order valence-corrected chi connectivity index (χ0v) is 16.7. The Morgan fingerprint density at radius 1 is 1.14 bits per heavy atom. The van der Waals surface area contributed by atoms with Crippen LogP contribution < -0.4 is 5.32 Å². The zero-order chi connectivity index (χ0) is 19.5. The third-order valence-corrected chi connectivity index (χ3v) is 5.41. The van der Waals surface area contributed by atoms with E-state index in [1.54, 1.807) is 0 Å². The standard InChI is InChI=1S/C21H21N5OS/c1-3-5-18-23-24-21-26(18)25-20(28-21)16-10-8-15(9-11-16)13-22-19(27)17-7-4-6-14(2)12-17/h4,6-12H,3,5,13H2,1-2H3,(H,22,27). The van der Waals surface area contributed by atoms with Crippen LogP contribution in [-0.4, -0.2) is 25.7 Å². The molecule has 1 amide bonds. The van der Waals surface area contributed by atoms with Crippen LogP contribution in [-0.2, 0) is 13.0 Å².